The van der Waals surface area contributed by atoms with Crippen molar-refractivity contribution in [3.63, 3.8) is 0 Å². The predicted octanol–water partition coefficient (Wildman–Crippen LogP) is 1.23. The Labute approximate surface area is 124 Å². The highest BCUT2D eigenvalue weighted by Crippen LogP contribution is 2.12. The summed E-state index contributed by atoms with van der Waals surface area (Å²) in [6.45, 7) is 4.77. The van der Waals surface area contributed by atoms with Crippen LogP contribution in [0.1, 0.15) is 18.4 Å². The summed E-state index contributed by atoms with van der Waals surface area (Å²) in [6, 6.07) is 6.73. The summed E-state index contributed by atoms with van der Waals surface area (Å²) in [6.07, 6.45) is 3.15. The number of amides is 2. The average Bonchev–Trinajstić information content (AvgIpc) is 2.49. The van der Waals surface area contributed by atoms with E-state index in [1.54, 1.807) is 29.2 Å². The zero-order valence-corrected chi connectivity index (χ0v) is 11.9. The highest BCUT2D eigenvalue weighted by Gasteiger charge is 2.22. The van der Waals surface area contributed by atoms with E-state index in [9.17, 15) is 14.7 Å². The monoisotopic (exact) mass is 288 g/mol. The molecular formula is C16H20N2O3. The van der Waals surface area contributed by atoms with Crippen molar-refractivity contribution in [1.82, 2.24) is 10.2 Å². The molecule has 112 valence electrons. The molecule has 0 aliphatic carbocycles. The Balaban J connectivity index is 1.78. The number of nitrogens with zero attached hydrogens (tertiary/aromatic N) is 1. The van der Waals surface area contributed by atoms with Crippen LogP contribution in [-0.4, -0.2) is 41.0 Å². The Hall–Kier alpha value is -2.30. The number of carbonyl (C=O) groups excluding carboxylic acids is 2. The molecule has 1 aromatic rings. The molecule has 21 heavy (non-hydrogen) atoms. The largest absolute Gasteiger partial charge is 0.508 e. The minimum atomic E-state index is -0.0520. The summed E-state index contributed by atoms with van der Waals surface area (Å²) in [5.41, 5.74) is 0.865. The molecule has 0 spiro atoms. The van der Waals surface area contributed by atoms with E-state index in [4.69, 9.17) is 0 Å². The smallest absolute Gasteiger partial charge is 0.245 e. The predicted molar refractivity (Wildman–Crippen MR) is 79.8 cm³/mol. The Morgan fingerprint density at radius 1 is 1.29 bits per heavy atom. The maximum Gasteiger partial charge on any atom is 0.245 e. The lowest BCUT2D eigenvalue weighted by molar-refractivity contribution is -0.127. The van der Waals surface area contributed by atoms with Crippen LogP contribution >= 0.6 is 0 Å². The summed E-state index contributed by atoms with van der Waals surface area (Å²) >= 11 is 0. The third kappa shape index (κ3) is 4.34. The first kappa shape index (κ1) is 15.1. The van der Waals surface area contributed by atoms with E-state index in [-0.39, 0.29) is 23.6 Å². The third-order valence-corrected chi connectivity index (χ3v) is 3.65. The van der Waals surface area contributed by atoms with Crippen LogP contribution in [0.25, 0.3) is 0 Å². The van der Waals surface area contributed by atoms with Crippen molar-refractivity contribution in [2.75, 3.05) is 13.1 Å². The Morgan fingerprint density at radius 2 is 1.90 bits per heavy atom. The summed E-state index contributed by atoms with van der Waals surface area (Å²) in [4.78, 5) is 25.2. The molecule has 1 fully saturated rings. The van der Waals surface area contributed by atoms with Crippen LogP contribution in [0.3, 0.4) is 0 Å². The summed E-state index contributed by atoms with van der Waals surface area (Å²) in [5, 5.41) is 12.2. The van der Waals surface area contributed by atoms with E-state index in [1.807, 2.05) is 0 Å². The van der Waals surface area contributed by atoms with Gasteiger partial charge < -0.3 is 15.3 Å². The number of rotatable bonds is 4. The quantitative estimate of drug-likeness (QED) is 0.819. The second-order valence-corrected chi connectivity index (χ2v) is 5.21. The van der Waals surface area contributed by atoms with E-state index in [0.29, 0.717) is 19.5 Å². The standard InChI is InChI=1S/C16H20N2O3/c1-2-16(21)18-9-7-13(8-10-18)17-15(20)11-12-3-5-14(19)6-4-12/h2-6,13,19H,1,7-11H2,(H,17,20). The van der Waals surface area contributed by atoms with Crippen molar-refractivity contribution in [2.24, 2.45) is 0 Å². The number of phenolic OH excluding ortho intramolecular Hbond substituents is 1. The zero-order valence-electron chi connectivity index (χ0n) is 11.9. The molecule has 0 saturated carbocycles. The fourth-order valence-corrected chi connectivity index (χ4v) is 2.45. The van der Waals surface area contributed by atoms with Gasteiger partial charge in [-0.25, -0.2) is 0 Å². The molecule has 1 aliphatic heterocycles. The topological polar surface area (TPSA) is 69.6 Å². The lowest BCUT2D eigenvalue weighted by atomic mass is 10.0. The lowest BCUT2D eigenvalue weighted by Gasteiger charge is -2.31. The third-order valence-electron chi connectivity index (χ3n) is 3.65. The molecule has 0 bridgehead atoms. The first-order chi connectivity index (χ1) is 10.1. The first-order valence-electron chi connectivity index (χ1n) is 7.07. The van der Waals surface area contributed by atoms with E-state index in [2.05, 4.69) is 11.9 Å². The van der Waals surface area contributed by atoms with Gasteiger partial charge in [0.05, 0.1) is 6.42 Å². The van der Waals surface area contributed by atoms with Crippen molar-refractivity contribution < 1.29 is 14.7 Å². The van der Waals surface area contributed by atoms with Gasteiger partial charge in [-0.05, 0) is 36.6 Å². The van der Waals surface area contributed by atoms with Crippen LogP contribution in [0.2, 0.25) is 0 Å². The Kier molecular flexibility index (Phi) is 4.98. The van der Waals surface area contributed by atoms with Crippen molar-refractivity contribution in [3.8, 4) is 5.75 Å². The average molecular weight is 288 g/mol. The second kappa shape index (κ2) is 6.92. The Morgan fingerprint density at radius 3 is 2.48 bits per heavy atom. The molecule has 0 unspecified atom stereocenters. The first-order valence-corrected chi connectivity index (χ1v) is 7.07. The number of phenols is 1. The van der Waals surface area contributed by atoms with Crippen molar-refractivity contribution in [3.05, 3.63) is 42.5 Å². The maximum atomic E-state index is 12.0. The number of hydrogen-bond donors (Lipinski definition) is 2. The lowest BCUT2D eigenvalue weighted by Crippen LogP contribution is -2.46. The van der Waals surface area contributed by atoms with Crippen LogP contribution < -0.4 is 5.32 Å². The van der Waals surface area contributed by atoms with Gasteiger partial charge in [-0.3, -0.25) is 9.59 Å². The van der Waals surface area contributed by atoms with Gasteiger partial charge in [0.2, 0.25) is 11.8 Å². The van der Waals surface area contributed by atoms with Gasteiger partial charge in [-0.2, -0.15) is 0 Å². The van der Waals surface area contributed by atoms with E-state index in [0.717, 1.165) is 18.4 Å². The molecule has 2 rings (SSSR count). The number of piperidine rings is 1. The summed E-state index contributed by atoms with van der Waals surface area (Å²) in [5.74, 6) is 0.108. The minimum absolute atomic E-state index is 0.0332. The van der Waals surface area contributed by atoms with Gasteiger partial charge in [-0.15, -0.1) is 0 Å². The van der Waals surface area contributed by atoms with Crippen LogP contribution in [0.4, 0.5) is 0 Å². The van der Waals surface area contributed by atoms with Crippen LogP contribution in [0.15, 0.2) is 36.9 Å². The molecule has 1 aromatic carbocycles. The molecule has 2 amide bonds. The zero-order chi connectivity index (χ0) is 15.2. The second-order valence-electron chi connectivity index (χ2n) is 5.21. The van der Waals surface area contributed by atoms with E-state index in [1.165, 1.54) is 6.08 Å². The molecule has 5 nitrogen and oxygen atoms in total. The number of aromatic hydroxyl groups is 1. The van der Waals surface area contributed by atoms with Gasteiger partial charge >= 0.3 is 0 Å². The number of nitrogens with one attached hydrogen (secondary N) is 1. The van der Waals surface area contributed by atoms with E-state index >= 15 is 0 Å². The van der Waals surface area contributed by atoms with Gasteiger partial charge in [0.25, 0.3) is 0 Å². The number of benzene rings is 1. The molecular weight excluding hydrogens is 268 g/mol. The SMILES string of the molecule is C=CC(=O)N1CCC(NC(=O)Cc2ccc(O)cc2)CC1. The van der Waals surface area contributed by atoms with Gasteiger partial charge in [0.15, 0.2) is 0 Å². The maximum absolute atomic E-state index is 12.0. The number of likely N-dealkylation sites (tertiary alicyclic amines) is 1. The molecule has 1 heterocycles. The van der Waals surface area contributed by atoms with Crippen molar-refractivity contribution in [1.29, 1.82) is 0 Å². The van der Waals surface area contributed by atoms with Gasteiger partial charge in [0, 0.05) is 19.1 Å². The van der Waals surface area contributed by atoms with Crippen molar-refractivity contribution in [2.45, 2.75) is 25.3 Å². The van der Waals surface area contributed by atoms with Crippen molar-refractivity contribution >= 4 is 11.8 Å². The molecule has 0 aromatic heterocycles. The van der Waals surface area contributed by atoms with Crippen LogP contribution in [0.5, 0.6) is 5.75 Å². The van der Waals surface area contributed by atoms with Gasteiger partial charge in [-0.1, -0.05) is 18.7 Å². The van der Waals surface area contributed by atoms with E-state index < -0.39 is 0 Å². The molecule has 0 radical (unpaired) electrons. The molecule has 1 aliphatic rings. The summed E-state index contributed by atoms with van der Waals surface area (Å²) in [7, 11) is 0. The van der Waals surface area contributed by atoms with Crippen LogP contribution in [-0.2, 0) is 16.0 Å². The molecule has 1 saturated heterocycles. The van der Waals surface area contributed by atoms with Gasteiger partial charge in [0.1, 0.15) is 5.75 Å². The normalized spacial score (nSPS) is 15.5. The summed E-state index contributed by atoms with van der Waals surface area (Å²) < 4.78 is 0. The number of hydrogen-bond acceptors (Lipinski definition) is 3. The Bertz CT molecular complexity index is 517. The molecule has 5 heteroatoms. The highest BCUT2D eigenvalue weighted by molar-refractivity contribution is 5.87. The fourth-order valence-electron chi connectivity index (χ4n) is 2.45. The molecule has 0 atom stereocenters. The fraction of sp³-hybridized carbons (Fsp3) is 0.375. The highest BCUT2D eigenvalue weighted by atomic mass is 16.3. The van der Waals surface area contributed by atoms with Crippen LogP contribution in [0, 0.1) is 0 Å². The molecule has 2 N–H and O–H groups in total. The number of carbonyl (C=O) groups is 2. The minimum Gasteiger partial charge on any atom is -0.508 e.